The smallest absolute Gasteiger partial charge is 0.254 e. The molecule has 0 aromatic heterocycles. The molecule has 0 saturated carbocycles. The zero-order chi connectivity index (χ0) is 14.3. The first-order valence-electron chi connectivity index (χ1n) is 6.37. The third-order valence-electron chi connectivity index (χ3n) is 2.94. The predicted molar refractivity (Wildman–Crippen MR) is 80.6 cm³/mol. The molecule has 19 heavy (non-hydrogen) atoms. The van der Waals surface area contributed by atoms with Crippen LogP contribution in [-0.4, -0.2) is 17.8 Å². The van der Waals surface area contributed by atoms with Crippen LogP contribution in [0.2, 0.25) is 5.02 Å². The fourth-order valence-corrected chi connectivity index (χ4v) is 2.72. The van der Waals surface area contributed by atoms with Crippen LogP contribution in [-0.2, 0) is 0 Å². The second kappa shape index (κ2) is 8.54. The highest BCUT2D eigenvalue weighted by Crippen LogP contribution is 2.15. The molecule has 1 atom stereocenters. The minimum atomic E-state index is -0.586. The standard InChI is InChI=1S/C14H18BrClFNO/c1-2-3-10(6-7-15)9-18-14(19)12-5-4-11(16)8-13(12)17/h4-5,8,10H,2-3,6-7,9H2,1H3,(H,18,19). The molecule has 0 radical (unpaired) electrons. The molecule has 0 bridgehead atoms. The van der Waals surface area contributed by atoms with Crippen molar-refractivity contribution in [3.63, 3.8) is 0 Å². The largest absolute Gasteiger partial charge is 0.352 e. The van der Waals surface area contributed by atoms with Crippen LogP contribution in [0.15, 0.2) is 18.2 Å². The zero-order valence-electron chi connectivity index (χ0n) is 10.9. The van der Waals surface area contributed by atoms with Gasteiger partial charge in [-0.15, -0.1) is 0 Å². The third kappa shape index (κ3) is 5.49. The van der Waals surface area contributed by atoms with E-state index in [1.165, 1.54) is 12.1 Å². The molecule has 1 amide bonds. The third-order valence-corrected chi connectivity index (χ3v) is 3.63. The van der Waals surface area contributed by atoms with Gasteiger partial charge in [-0.1, -0.05) is 40.9 Å². The number of alkyl halides is 1. The van der Waals surface area contributed by atoms with E-state index in [2.05, 4.69) is 28.2 Å². The molecule has 5 heteroatoms. The van der Waals surface area contributed by atoms with Crippen LogP contribution in [0.3, 0.4) is 0 Å². The van der Waals surface area contributed by atoms with E-state index < -0.39 is 5.82 Å². The topological polar surface area (TPSA) is 29.1 Å². The van der Waals surface area contributed by atoms with Crippen LogP contribution in [0.4, 0.5) is 4.39 Å². The van der Waals surface area contributed by atoms with Gasteiger partial charge < -0.3 is 5.32 Å². The van der Waals surface area contributed by atoms with E-state index in [0.717, 1.165) is 30.7 Å². The van der Waals surface area contributed by atoms with E-state index in [9.17, 15) is 9.18 Å². The van der Waals surface area contributed by atoms with Crippen LogP contribution < -0.4 is 5.32 Å². The van der Waals surface area contributed by atoms with Crippen molar-refractivity contribution in [2.75, 3.05) is 11.9 Å². The van der Waals surface area contributed by atoms with Crippen molar-refractivity contribution >= 4 is 33.4 Å². The number of amides is 1. The Labute approximate surface area is 126 Å². The first-order chi connectivity index (χ1) is 9.08. The van der Waals surface area contributed by atoms with Crippen molar-refractivity contribution < 1.29 is 9.18 Å². The van der Waals surface area contributed by atoms with Gasteiger partial charge in [-0.05, 0) is 37.0 Å². The van der Waals surface area contributed by atoms with E-state index in [4.69, 9.17) is 11.6 Å². The summed E-state index contributed by atoms with van der Waals surface area (Å²) in [5.74, 6) is -0.550. The fourth-order valence-electron chi connectivity index (χ4n) is 1.92. The monoisotopic (exact) mass is 349 g/mol. The Kier molecular flexibility index (Phi) is 7.39. The second-order valence-electron chi connectivity index (χ2n) is 4.47. The van der Waals surface area contributed by atoms with E-state index >= 15 is 0 Å². The lowest BCUT2D eigenvalue weighted by atomic mass is 10.0. The Hall–Kier alpha value is -0.610. The van der Waals surface area contributed by atoms with Crippen LogP contribution >= 0.6 is 27.5 Å². The number of hydrogen-bond acceptors (Lipinski definition) is 1. The molecular formula is C14H18BrClFNO. The Morgan fingerprint density at radius 1 is 1.47 bits per heavy atom. The van der Waals surface area contributed by atoms with E-state index in [1.807, 2.05) is 0 Å². The molecule has 0 aliphatic rings. The van der Waals surface area contributed by atoms with Crippen molar-refractivity contribution in [3.05, 3.63) is 34.6 Å². The molecule has 2 nitrogen and oxygen atoms in total. The summed E-state index contributed by atoms with van der Waals surface area (Å²) in [4.78, 5) is 11.9. The lowest BCUT2D eigenvalue weighted by Gasteiger charge is -2.15. The molecule has 1 aromatic rings. The molecule has 0 spiro atoms. The van der Waals surface area contributed by atoms with Gasteiger partial charge >= 0.3 is 0 Å². The summed E-state index contributed by atoms with van der Waals surface area (Å²) in [6.07, 6.45) is 3.12. The molecule has 0 aliphatic carbocycles. The number of rotatable bonds is 7. The molecule has 1 aromatic carbocycles. The lowest BCUT2D eigenvalue weighted by Crippen LogP contribution is -2.30. The molecular weight excluding hydrogens is 333 g/mol. The van der Waals surface area contributed by atoms with Gasteiger partial charge in [0.15, 0.2) is 0 Å². The van der Waals surface area contributed by atoms with Crippen LogP contribution in [0.25, 0.3) is 0 Å². The van der Waals surface area contributed by atoms with Crippen LogP contribution in [0.5, 0.6) is 0 Å². The minimum absolute atomic E-state index is 0.0403. The van der Waals surface area contributed by atoms with Crippen LogP contribution in [0.1, 0.15) is 36.5 Å². The van der Waals surface area contributed by atoms with E-state index in [0.29, 0.717) is 12.5 Å². The summed E-state index contributed by atoms with van der Waals surface area (Å²) in [6.45, 7) is 2.68. The average molecular weight is 351 g/mol. The van der Waals surface area contributed by atoms with Crippen molar-refractivity contribution in [3.8, 4) is 0 Å². The predicted octanol–water partition coefficient (Wildman–Crippen LogP) is 4.41. The summed E-state index contributed by atoms with van der Waals surface area (Å²) in [7, 11) is 0. The summed E-state index contributed by atoms with van der Waals surface area (Å²) >= 11 is 9.06. The number of halogens is 3. The first kappa shape index (κ1) is 16.4. The minimum Gasteiger partial charge on any atom is -0.352 e. The van der Waals surface area contributed by atoms with Gasteiger partial charge in [0.25, 0.3) is 5.91 Å². The van der Waals surface area contributed by atoms with Gasteiger partial charge in [-0.25, -0.2) is 4.39 Å². The fraction of sp³-hybridized carbons (Fsp3) is 0.500. The average Bonchev–Trinajstić information content (AvgIpc) is 2.36. The molecule has 1 rings (SSSR count). The number of carbonyl (C=O) groups excluding carboxylic acids is 1. The Morgan fingerprint density at radius 3 is 2.79 bits per heavy atom. The highest BCUT2D eigenvalue weighted by molar-refractivity contribution is 9.09. The summed E-state index contributed by atoms with van der Waals surface area (Å²) in [6, 6.07) is 4.08. The highest BCUT2D eigenvalue weighted by atomic mass is 79.9. The van der Waals surface area contributed by atoms with Gasteiger partial charge in [-0.2, -0.15) is 0 Å². The van der Waals surface area contributed by atoms with E-state index in [1.54, 1.807) is 0 Å². The highest BCUT2D eigenvalue weighted by Gasteiger charge is 2.14. The van der Waals surface area contributed by atoms with Crippen molar-refractivity contribution in [1.82, 2.24) is 5.32 Å². The summed E-state index contributed by atoms with van der Waals surface area (Å²) < 4.78 is 13.6. The first-order valence-corrected chi connectivity index (χ1v) is 7.87. The quantitative estimate of drug-likeness (QED) is 0.725. The Bertz CT molecular complexity index is 422. The molecule has 0 saturated heterocycles. The number of nitrogens with one attached hydrogen (secondary N) is 1. The van der Waals surface area contributed by atoms with Crippen molar-refractivity contribution in [1.29, 1.82) is 0 Å². The van der Waals surface area contributed by atoms with Gasteiger partial charge in [0.1, 0.15) is 5.82 Å². The zero-order valence-corrected chi connectivity index (χ0v) is 13.2. The summed E-state index contributed by atoms with van der Waals surface area (Å²) in [5.41, 5.74) is 0.0403. The Balaban J connectivity index is 2.58. The van der Waals surface area contributed by atoms with Gasteiger partial charge in [0, 0.05) is 16.9 Å². The number of hydrogen-bond donors (Lipinski definition) is 1. The normalized spacial score (nSPS) is 12.2. The van der Waals surface area contributed by atoms with Gasteiger partial charge in [0.05, 0.1) is 5.56 Å². The second-order valence-corrected chi connectivity index (χ2v) is 5.70. The molecule has 0 fully saturated rings. The maximum Gasteiger partial charge on any atom is 0.254 e. The Morgan fingerprint density at radius 2 is 2.21 bits per heavy atom. The maximum absolute atomic E-state index is 13.6. The van der Waals surface area contributed by atoms with Crippen molar-refractivity contribution in [2.45, 2.75) is 26.2 Å². The number of carbonyl (C=O) groups is 1. The lowest BCUT2D eigenvalue weighted by molar-refractivity contribution is 0.0942. The number of benzene rings is 1. The van der Waals surface area contributed by atoms with Crippen molar-refractivity contribution in [2.24, 2.45) is 5.92 Å². The molecule has 1 N–H and O–H groups in total. The molecule has 0 heterocycles. The molecule has 106 valence electrons. The van der Waals surface area contributed by atoms with Gasteiger partial charge in [-0.3, -0.25) is 4.79 Å². The van der Waals surface area contributed by atoms with Crippen LogP contribution in [0, 0.1) is 11.7 Å². The maximum atomic E-state index is 13.6. The summed E-state index contributed by atoms with van der Waals surface area (Å²) in [5, 5.41) is 3.98. The molecule has 0 aliphatic heterocycles. The van der Waals surface area contributed by atoms with Gasteiger partial charge in [0.2, 0.25) is 0 Å². The van der Waals surface area contributed by atoms with E-state index in [-0.39, 0.29) is 16.5 Å². The molecule has 1 unspecified atom stereocenters. The SMILES string of the molecule is CCCC(CCBr)CNC(=O)c1ccc(Cl)cc1F.